The molecule has 0 unspecified atom stereocenters. The Morgan fingerprint density at radius 3 is 2.50 bits per heavy atom. The van der Waals surface area contributed by atoms with Crippen molar-refractivity contribution in [3.8, 4) is 11.5 Å². The van der Waals surface area contributed by atoms with E-state index in [1.165, 1.54) is 0 Å². The molecule has 2 aromatic rings. The molecule has 0 saturated carbocycles. The first-order chi connectivity index (χ1) is 9.74. The maximum Gasteiger partial charge on any atom is 0.255 e. The van der Waals surface area contributed by atoms with Crippen molar-refractivity contribution < 1.29 is 14.3 Å². The quantitative estimate of drug-likeness (QED) is 0.924. The average Bonchev–Trinajstić information content (AvgIpc) is 2.49. The van der Waals surface area contributed by atoms with Gasteiger partial charge in [-0.1, -0.05) is 11.6 Å². The summed E-state index contributed by atoms with van der Waals surface area (Å²) >= 11 is 6.13. The summed E-state index contributed by atoms with van der Waals surface area (Å²) in [6, 6.07) is 6.55. The van der Waals surface area contributed by atoms with Gasteiger partial charge in [0.15, 0.2) is 11.5 Å². The predicted octanol–water partition coefficient (Wildman–Crippen LogP) is 2.76. The first-order valence-electron chi connectivity index (χ1n) is 6.04. The van der Waals surface area contributed by atoms with E-state index in [-0.39, 0.29) is 5.91 Å². The highest BCUT2D eigenvalue weighted by Crippen LogP contribution is 2.38. The van der Waals surface area contributed by atoms with Crippen LogP contribution in [0.3, 0.4) is 0 Å². The zero-order valence-corrected chi connectivity index (χ0v) is 11.2. The number of ether oxygens (including phenoxy) is 2. The molecular weight excluding hydrogens is 280 g/mol. The minimum atomic E-state index is -0.258. The van der Waals surface area contributed by atoms with E-state index in [1.54, 1.807) is 36.7 Å². The van der Waals surface area contributed by atoms with Gasteiger partial charge in [-0.25, -0.2) is 0 Å². The third-order valence-electron chi connectivity index (χ3n) is 2.82. The lowest BCUT2D eigenvalue weighted by atomic mass is 10.2. The third-order valence-corrected chi connectivity index (χ3v) is 3.14. The van der Waals surface area contributed by atoms with Crippen molar-refractivity contribution in [2.75, 3.05) is 18.5 Å². The molecule has 0 radical (unpaired) electrons. The lowest BCUT2D eigenvalue weighted by Gasteiger charge is -2.20. The molecule has 5 nitrogen and oxygen atoms in total. The number of fused-ring (bicyclic) bond motifs is 1. The van der Waals surface area contributed by atoms with Crippen LogP contribution in [-0.2, 0) is 0 Å². The number of nitrogens with one attached hydrogen (secondary N) is 1. The molecule has 0 fully saturated rings. The Labute approximate surface area is 120 Å². The van der Waals surface area contributed by atoms with Crippen LogP contribution >= 0.6 is 11.6 Å². The fraction of sp³-hybridized carbons (Fsp3) is 0.143. The number of amides is 1. The van der Waals surface area contributed by atoms with Crippen LogP contribution < -0.4 is 14.8 Å². The standard InChI is InChI=1S/C14H11ClN2O3/c15-10-7-12-13(20-6-5-19-12)8-11(10)17-14(18)9-1-3-16-4-2-9/h1-4,7-8H,5-6H2,(H,17,18). The zero-order chi connectivity index (χ0) is 13.9. The molecule has 0 bridgehead atoms. The zero-order valence-electron chi connectivity index (χ0n) is 10.4. The average molecular weight is 291 g/mol. The van der Waals surface area contributed by atoms with Gasteiger partial charge >= 0.3 is 0 Å². The molecule has 6 heteroatoms. The van der Waals surface area contributed by atoms with Gasteiger partial charge in [-0.3, -0.25) is 9.78 Å². The van der Waals surface area contributed by atoms with Crippen LogP contribution in [0.25, 0.3) is 0 Å². The van der Waals surface area contributed by atoms with Crippen LogP contribution in [0.5, 0.6) is 11.5 Å². The van der Waals surface area contributed by atoms with Crippen LogP contribution in [0.2, 0.25) is 5.02 Å². The summed E-state index contributed by atoms with van der Waals surface area (Å²) in [5.74, 6) is 0.903. The van der Waals surface area contributed by atoms with Gasteiger partial charge in [-0.2, -0.15) is 0 Å². The van der Waals surface area contributed by atoms with Gasteiger partial charge in [0.05, 0.1) is 10.7 Å². The van der Waals surface area contributed by atoms with E-state index in [0.717, 1.165) is 0 Å². The van der Waals surface area contributed by atoms with Crippen molar-refractivity contribution in [3.05, 3.63) is 47.2 Å². The Morgan fingerprint density at radius 2 is 1.80 bits per heavy atom. The molecule has 1 N–H and O–H groups in total. The number of pyridine rings is 1. The smallest absolute Gasteiger partial charge is 0.255 e. The number of anilines is 1. The summed E-state index contributed by atoms with van der Waals surface area (Å²) in [5.41, 5.74) is 0.990. The monoisotopic (exact) mass is 290 g/mol. The van der Waals surface area contributed by atoms with E-state index in [0.29, 0.717) is 41.0 Å². The number of aromatic nitrogens is 1. The highest BCUT2D eigenvalue weighted by molar-refractivity contribution is 6.34. The number of carbonyl (C=O) groups is 1. The minimum absolute atomic E-state index is 0.258. The fourth-order valence-electron chi connectivity index (χ4n) is 1.86. The highest BCUT2D eigenvalue weighted by Gasteiger charge is 2.16. The second-order valence-electron chi connectivity index (χ2n) is 4.17. The van der Waals surface area contributed by atoms with Gasteiger partial charge in [-0.05, 0) is 12.1 Å². The number of carbonyl (C=O) groups excluding carboxylic acids is 1. The van der Waals surface area contributed by atoms with Gasteiger partial charge in [0.2, 0.25) is 0 Å². The highest BCUT2D eigenvalue weighted by atomic mass is 35.5. The van der Waals surface area contributed by atoms with Gasteiger partial charge in [0, 0.05) is 30.1 Å². The van der Waals surface area contributed by atoms with Crippen LogP contribution in [0.15, 0.2) is 36.7 Å². The van der Waals surface area contributed by atoms with E-state index in [4.69, 9.17) is 21.1 Å². The number of benzene rings is 1. The first kappa shape index (κ1) is 12.7. The second-order valence-corrected chi connectivity index (χ2v) is 4.57. The molecule has 2 heterocycles. The van der Waals surface area contributed by atoms with Crippen LogP contribution in [0.1, 0.15) is 10.4 Å². The van der Waals surface area contributed by atoms with E-state index in [1.807, 2.05) is 0 Å². The van der Waals surface area contributed by atoms with Crippen molar-refractivity contribution >= 4 is 23.2 Å². The van der Waals surface area contributed by atoms with E-state index in [2.05, 4.69) is 10.3 Å². The molecule has 1 amide bonds. The van der Waals surface area contributed by atoms with Crippen molar-refractivity contribution in [3.63, 3.8) is 0 Å². The molecule has 0 aliphatic carbocycles. The van der Waals surface area contributed by atoms with Crippen molar-refractivity contribution in [1.82, 2.24) is 4.98 Å². The lowest BCUT2D eigenvalue weighted by molar-refractivity contribution is 0.102. The number of hydrogen-bond donors (Lipinski definition) is 1. The maximum absolute atomic E-state index is 12.1. The topological polar surface area (TPSA) is 60.5 Å². The third kappa shape index (κ3) is 2.53. The molecular formula is C14H11ClN2O3. The Bertz CT molecular complexity index is 646. The van der Waals surface area contributed by atoms with Crippen LogP contribution in [0, 0.1) is 0 Å². The van der Waals surface area contributed by atoms with Crippen molar-refractivity contribution in [1.29, 1.82) is 0 Å². The molecule has 20 heavy (non-hydrogen) atoms. The molecule has 1 aliphatic heterocycles. The van der Waals surface area contributed by atoms with Gasteiger partial charge in [-0.15, -0.1) is 0 Å². The molecule has 0 spiro atoms. The van der Waals surface area contributed by atoms with Crippen molar-refractivity contribution in [2.45, 2.75) is 0 Å². The van der Waals surface area contributed by atoms with E-state index in [9.17, 15) is 4.79 Å². The van der Waals surface area contributed by atoms with E-state index >= 15 is 0 Å². The maximum atomic E-state index is 12.1. The van der Waals surface area contributed by atoms with Gasteiger partial charge in [0.25, 0.3) is 5.91 Å². The Hall–Kier alpha value is -2.27. The summed E-state index contributed by atoms with van der Waals surface area (Å²) in [6.07, 6.45) is 3.11. The number of nitrogens with zero attached hydrogens (tertiary/aromatic N) is 1. The fourth-order valence-corrected chi connectivity index (χ4v) is 2.06. The second kappa shape index (κ2) is 5.38. The number of hydrogen-bond acceptors (Lipinski definition) is 4. The lowest BCUT2D eigenvalue weighted by Crippen LogP contribution is -2.16. The molecule has 1 aromatic heterocycles. The summed E-state index contributed by atoms with van der Waals surface area (Å²) in [5, 5.41) is 3.14. The molecule has 102 valence electrons. The molecule has 0 saturated heterocycles. The summed E-state index contributed by atoms with van der Waals surface area (Å²) < 4.78 is 10.9. The Balaban J connectivity index is 1.86. The van der Waals surface area contributed by atoms with Crippen LogP contribution in [0.4, 0.5) is 5.69 Å². The molecule has 3 rings (SSSR count). The summed E-state index contributed by atoms with van der Waals surface area (Å²) in [7, 11) is 0. The Morgan fingerprint density at radius 1 is 1.15 bits per heavy atom. The van der Waals surface area contributed by atoms with E-state index < -0.39 is 0 Å². The predicted molar refractivity (Wildman–Crippen MR) is 74.6 cm³/mol. The Kier molecular flexibility index (Phi) is 3.43. The van der Waals surface area contributed by atoms with Crippen LogP contribution in [-0.4, -0.2) is 24.1 Å². The molecule has 1 aromatic carbocycles. The van der Waals surface area contributed by atoms with Gasteiger partial charge < -0.3 is 14.8 Å². The molecule has 1 aliphatic rings. The largest absolute Gasteiger partial charge is 0.486 e. The summed E-state index contributed by atoms with van der Waals surface area (Å²) in [4.78, 5) is 15.9. The number of rotatable bonds is 2. The van der Waals surface area contributed by atoms with Crippen molar-refractivity contribution in [2.24, 2.45) is 0 Å². The molecule has 0 atom stereocenters. The van der Waals surface area contributed by atoms with Gasteiger partial charge in [0.1, 0.15) is 13.2 Å². The summed E-state index contributed by atoms with van der Waals surface area (Å²) in [6.45, 7) is 0.971. The normalized spacial score (nSPS) is 12.8. The minimum Gasteiger partial charge on any atom is -0.486 e. The first-order valence-corrected chi connectivity index (χ1v) is 6.42. The SMILES string of the molecule is O=C(Nc1cc2c(cc1Cl)OCCO2)c1ccncc1. The number of halogens is 1.